The van der Waals surface area contributed by atoms with E-state index in [0.717, 1.165) is 4.21 Å². The Bertz CT molecular complexity index is 1140. The van der Waals surface area contributed by atoms with Crippen LogP contribution in [0.1, 0.15) is 31.5 Å². The van der Waals surface area contributed by atoms with Gasteiger partial charge in [0.25, 0.3) is 15.9 Å². The van der Waals surface area contributed by atoms with Gasteiger partial charge in [0.15, 0.2) is 5.13 Å². The maximum absolute atomic E-state index is 13.1. The number of benzene rings is 1. The Hall–Kier alpha value is -2.44. The lowest BCUT2D eigenvalue weighted by Gasteiger charge is -2.18. The minimum atomic E-state index is -3.70. The molecule has 1 aliphatic heterocycles. The zero-order chi connectivity index (χ0) is 22.8. The van der Waals surface area contributed by atoms with Gasteiger partial charge in [0.05, 0.1) is 20.6 Å². The molecule has 0 bridgehead atoms. The number of fused-ring (bicyclic) bond motifs is 1. The summed E-state index contributed by atoms with van der Waals surface area (Å²) >= 11 is 2.52. The molecule has 166 valence electrons. The number of anilines is 1. The topological polar surface area (TPSA) is 144 Å². The number of carbonyl (C=O) groups excluding carboxylic acids is 2. The summed E-state index contributed by atoms with van der Waals surface area (Å²) in [5.41, 5.74) is 6.32. The summed E-state index contributed by atoms with van der Waals surface area (Å²) in [5, 5.41) is 3.16. The molecule has 12 heteroatoms. The van der Waals surface area contributed by atoms with Gasteiger partial charge in [0.2, 0.25) is 5.91 Å². The van der Waals surface area contributed by atoms with Crippen molar-refractivity contribution in [2.45, 2.75) is 42.3 Å². The smallest absolute Gasteiger partial charge is 0.263 e. The number of nitrogens with zero attached hydrogens (tertiary/aromatic N) is 2. The third-order valence-corrected chi connectivity index (χ3v) is 8.57. The number of nitrogens with two attached hydrogens (primary N) is 1. The van der Waals surface area contributed by atoms with E-state index in [4.69, 9.17) is 5.73 Å². The van der Waals surface area contributed by atoms with Crippen molar-refractivity contribution in [3.05, 3.63) is 35.5 Å². The number of thioether (sulfide) groups is 1. The van der Waals surface area contributed by atoms with Crippen LogP contribution in [0, 0.1) is 12.8 Å². The molecule has 31 heavy (non-hydrogen) atoms. The summed E-state index contributed by atoms with van der Waals surface area (Å²) in [6.45, 7) is 5.60. The van der Waals surface area contributed by atoms with Crippen LogP contribution in [0.15, 0.2) is 38.4 Å². The monoisotopic (exact) mass is 481 g/mol. The normalized spacial score (nSPS) is 17.6. The molecule has 3 rings (SSSR count). The first-order valence-corrected chi connectivity index (χ1v) is 12.8. The van der Waals surface area contributed by atoms with Crippen molar-refractivity contribution in [2.24, 2.45) is 16.6 Å². The Labute approximate surface area is 189 Å². The summed E-state index contributed by atoms with van der Waals surface area (Å²) in [7, 11) is -3.70. The maximum Gasteiger partial charge on any atom is 0.263 e. The van der Waals surface area contributed by atoms with Gasteiger partial charge in [-0.25, -0.2) is 13.4 Å². The Kier molecular flexibility index (Phi) is 7.02. The zero-order valence-electron chi connectivity index (χ0n) is 17.2. The first kappa shape index (κ1) is 23.2. The predicted octanol–water partition coefficient (Wildman–Crippen LogP) is 2.12. The number of rotatable bonds is 8. The van der Waals surface area contributed by atoms with E-state index in [2.05, 4.69) is 20.0 Å². The van der Waals surface area contributed by atoms with Crippen molar-refractivity contribution in [3.8, 4) is 0 Å². The second-order valence-corrected chi connectivity index (χ2v) is 10.9. The second-order valence-electron chi connectivity index (χ2n) is 7.05. The molecule has 2 heterocycles. The Morgan fingerprint density at radius 1 is 1.35 bits per heavy atom. The number of aromatic nitrogens is 1. The molecule has 0 aliphatic carbocycles. The predicted molar refractivity (Wildman–Crippen MR) is 122 cm³/mol. The SMILES string of the molecule is CC[C@H](C)[C@H](N=C1NS(=O)(=O)c2ccccc21)C(=O)Nc1nc(C)c(SCC(N)=O)s1. The van der Waals surface area contributed by atoms with Gasteiger partial charge < -0.3 is 11.1 Å². The summed E-state index contributed by atoms with van der Waals surface area (Å²) in [4.78, 5) is 33.0. The highest BCUT2D eigenvalue weighted by molar-refractivity contribution is 8.01. The number of aliphatic imine (C=N–C) groups is 1. The minimum absolute atomic E-state index is 0.124. The number of carbonyl (C=O) groups is 2. The van der Waals surface area contributed by atoms with E-state index >= 15 is 0 Å². The van der Waals surface area contributed by atoms with E-state index in [1.807, 2.05) is 13.8 Å². The van der Waals surface area contributed by atoms with Gasteiger partial charge in [-0.15, -0.1) is 11.8 Å². The van der Waals surface area contributed by atoms with Crippen LogP contribution in [0.5, 0.6) is 0 Å². The van der Waals surface area contributed by atoms with E-state index in [1.54, 1.807) is 25.1 Å². The van der Waals surface area contributed by atoms with Gasteiger partial charge in [0.1, 0.15) is 11.9 Å². The molecule has 4 N–H and O–H groups in total. The van der Waals surface area contributed by atoms with E-state index in [9.17, 15) is 18.0 Å². The molecule has 1 aliphatic rings. The van der Waals surface area contributed by atoms with Gasteiger partial charge in [-0.05, 0) is 25.0 Å². The molecule has 1 aromatic carbocycles. The third-order valence-electron chi connectivity index (χ3n) is 4.71. The van der Waals surface area contributed by atoms with Crippen molar-refractivity contribution in [3.63, 3.8) is 0 Å². The average Bonchev–Trinajstić information content (AvgIpc) is 3.19. The summed E-state index contributed by atoms with van der Waals surface area (Å²) in [6, 6.07) is 5.70. The first-order valence-electron chi connectivity index (χ1n) is 9.51. The molecule has 0 fully saturated rings. The fourth-order valence-electron chi connectivity index (χ4n) is 2.92. The lowest BCUT2D eigenvalue weighted by atomic mass is 9.99. The summed E-state index contributed by atoms with van der Waals surface area (Å²) in [5.74, 6) is -0.682. The van der Waals surface area contributed by atoms with Crippen LogP contribution in [0.3, 0.4) is 0 Å². The number of nitrogens with one attached hydrogen (secondary N) is 2. The molecular weight excluding hydrogens is 458 g/mol. The van der Waals surface area contributed by atoms with Gasteiger partial charge in [-0.1, -0.05) is 43.7 Å². The number of thiazole rings is 1. The largest absolute Gasteiger partial charge is 0.369 e. The van der Waals surface area contributed by atoms with Crippen molar-refractivity contribution in [1.29, 1.82) is 0 Å². The van der Waals surface area contributed by atoms with Gasteiger partial charge >= 0.3 is 0 Å². The molecular formula is C19H23N5O4S3. The van der Waals surface area contributed by atoms with Crippen LogP contribution in [0.25, 0.3) is 0 Å². The summed E-state index contributed by atoms with van der Waals surface area (Å²) in [6.07, 6.45) is 0.667. The number of hydrogen-bond acceptors (Lipinski definition) is 8. The number of aryl methyl sites for hydroxylation is 1. The van der Waals surface area contributed by atoms with Crippen LogP contribution in [0.2, 0.25) is 0 Å². The molecule has 9 nitrogen and oxygen atoms in total. The van der Waals surface area contributed by atoms with E-state index in [1.165, 1.54) is 29.2 Å². The number of hydrogen-bond donors (Lipinski definition) is 3. The van der Waals surface area contributed by atoms with Gasteiger partial charge in [0, 0.05) is 5.56 Å². The van der Waals surface area contributed by atoms with E-state index in [0.29, 0.717) is 22.8 Å². The molecule has 0 saturated heterocycles. The third kappa shape index (κ3) is 5.25. The molecule has 0 unspecified atom stereocenters. The van der Waals surface area contributed by atoms with E-state index < -0.39 is 22.0 Å². The zero-order valence-corrected chi connectivity index (χ0v) is 19.7. The summed E-state index contributed by atoms with van der Waals surface area (Å²) < 4.78 is 28.0. The quantitative estimate of drug-likeness (QED) is 0.493. The number of primary amides is 1. The van der Waals surface area contributed by atoms with Crippen LogP contribution >= 0.6 is 23.1 Å². The van der Waals surface area contributed by atoms with Crippen LogP contribution in [-0.2, 0) is 19.6 Å². The Morgan fingerprint density at radius 3 is 2.74 bits per heavy atom. The lowest BCUT2D eigenvalue weighted by Crippen LogP contribution is -2.34. The van der Waals surface area contributed by atoms with E-state index in [-0.39, 0.29) is 28.3 Å². The van der Waals surface area contributed by atoms with Crippen molar-refractivity contribution in [2.75, 3.05) is 11.1 Å². The molecule has 2 amide bonds. The fourth-order valence-corrected chi connectivity index (χ4v) is 6.04. The standard InChI is InChI=1S/C19H23N5O4S3/c1-4-10(2)15(22-16-12-7-5-6-8-13(12)31(27,28)24-16)17(26)23-19-21-11(3)18(30-19)29-9-14(20)25/h5-8,10,15H,4,9H2,1-3H3,(H2,20,25)(H,22,24)(H,21,23,26)/t10-,15-/m0/s1. The van der Waals surface area contributed by atoms with Gasteiger partial charge in [-0.3, -0.25) is 19.3 Å². The maximum atomic E-state index is 13.1. The fraction of sp³-hybridized carbons (Fsp3) is 0.368. The van der Waals surface area contributed by atoms with Crippen LogP contribution < -0.4 is 15.8 Å². The Morgan fingerprint density at radius 2 is 2.06 bits per heavy atom. The average molecular weight is 482 g/mol. The highest BCUT2D eigenvalue weighted by atomic mass is 32.2. The molecule has 0 saturated carbocycles. The lowest BCUT2D eigenvalue weighted by molar-refractivity contribution is -0.118. The molecule has 0 radical (unpaired) electrons. The highest BCUT2D eigenvalue weighted by Crippen LogP contribution is 2.32. The molecule has 1 aromatic heterocycles. The number of amides is 2. The first-order chi connectivity index (χ1) is 14.6. The Balaban J connectivity index is 1.86. The highest BCUT2D eigenvalue weighted by Gasteiger charge is 2.33. The molecule has 0 spiro atoms. The number of sulfonamides is 1. The van der Waals surface area contributed by atoms with Crippen molar-refractivity contribution < 1.29 is 18.0 Å². The van der Waals surface area contributed by atoms with Crippen molar-refractivity contribution in [1.82, 2.24) is 9.71 Å². The van der Waals surface area contributed by atoms with Crippen molar-refractivity contribution >= 4 is 55.9 Å². The minimum Gasteiger partial charge on any atom is -0.369 e. The van der Waals surface area contributed by atoms with Gasteiger partial charge in [-0.2, -0.15) is 0 Å². The molecule has 2 atom stereocenters. The van der Waals surface area contributed by atoms with Crippen LogP contribution in [-0.4, -0.2) is 42.8 Å². The molecule has 2 aromatic rings. The number of amidine groups is 1. The van der Waals surface area contributed by atoms with Crippen LogP contribution in [0.4, 0.5) is 5.13 Å². The second kappa shape index (κ2) is 9.37.